The van der Waals surface area contributed by atoms with E-state index < -0.39 is 11.6 Å². The number of amides is 1. The van der Waals surface area contributed by atoms with Gasteiger partial charge in [-0.05, 0) is 67.7 Å². The monoisotopic (exact) mass is 357 g/mol. The van der Waals surface area contributed by atoms with Crippen LogP contribution in [0.3, 0.4) is 0 Å². The molecule has 4 nitrogen and oxygen atoms in total. The van der Waals surface area contributed by atoms with Crippen molar-refractivity contribution < 1.29 is 13.6 Å². The summed E-state index contributed by atoms with van der Waals surface area (Å²) in [7, 11) is 0. The standard InChI is InChI=1S/C20H21F2N3O/c21-16-5-1-4-15(19(16)22)11-13-7-9-25(10-8-13)20(26)18-12-14-3-2-6-17(14)23-24-18/h1,4-5,12-13H,2-3,6-11H2. The molecule has 2 aromatic rings. The van der Waals surface area contributed by atoms with Crippen LogP contribution >= 0.6 is 0 Å². The molecule has 1 aromatic carbocycles. The van der Waals surface area contributed by atoms with Crippen LogP contribution in [0, 0.1) is 17.6 Å². The van der Waals surface area contributed by atoms with Gasteiger partial charge in [-0.3, -0.25) is 4.79 Å². The summed E-state index contributed by atoms with van der Waals surface area (Å²) >= 11 is 0. The van der Waals surface area contributed by atoms with Crippen LogP contribution < -0.4 is 0 Å². The Morgan fingerprint density at radius 3 is 2.77 bits per heavy atom. The van der Waals surface area contributed by atoms with Gasteiger partial charge in [-0.15, -0.1) is 5.10 Å². The van der Waals surface area contributed by atoms with E-state index in [1.807, 2.05) is 6.07 Å². The fourth-order valence-corrected chi connectivity index (χ4v) is 3.95. The van der Waals surface area contributed by atoms with E-state index in [0.29, 0.717) is 30.8 Å². The Balaban J connectivity index is 1.37. The fourth-order valence-electron chi connectivity index (χ4n) is 3.95. The minimum absolute atomic E-state index is 0.0809. The molecule has 1 saturated heterocycles. The smallest absolute Gasteiger partial charge is 0.274 e. The Morgan fingerprint density at radius 2 is 1.96 bits per heavy atom. The predicted octanol–water partition coefficient (Wildman–Crippen LogP) is 3.34. The number of likely N-dealkylation sites (tertiary alicyclic amines) is 1. The highest BCUT2D eigenvalue weighted by atomic mass is 19.2. The molecule has 2 aliphatic rings. The largest absolute Gasteiger partial charge is 0.337 e. The second kappa shape index (κ2) is 7.09. The van der Waals surface area contributed by atoms with Crippen LogP contribution in [-0.4, -0.2) is 34.1 Å². The first-order chi connectivity index (χ1) is 12.6. The summed E-state index contributed by atoms with van der Waals surface area (Å²) in [6.07, 6.45) is 5.04. The predicted molar refractivity (Wildman–Crippen MR) is 92.7 cm³/mol. The molecule has 1 aliphatic carbocycles. The molecule has 136 valence electrons. The maximum atomic E-state index is 13.8. The lowest BCUT2D eigenvalue weighted by Crippen LogP contribution is -2.39. The molecule has 0 unspecified atom stereocenters. The van der Waals surface area contributed by atoms with Crippen molar-refractivity contribution in [2.24, 2.45) is 5.92 Å². The van der Waals surface area contributed by atoms with Crippen molar-refractivity contribution in [2.45, 2.75) is 38.5 Å². The van der Waals surface area contributed by atoms with E-state index in [0.717, 1.165) is 49.4 Å². The molecule has 0 radical (unpaired) electrons. The summed E-state index contributed by atoms with van der Waals surface area (Å²) in [6.45, 7) is 1.22. The molecule has 0 atom stereocenters. The van der Waals surface area contributed by atoms with E-state index in [9.17, 15) is 13.6 Å². The Bertz CT molecular complexity index is 832. The van der Waals surface area contributed by atoms with E-state index in [1.54, 1.807) is 17.0 Å². The van der Waals surface area contributed by atoms with Gasteiger partial charge in [0.15, 0.2) is 17.3 Å². The van der Waals surface area contributed by atoms with E-state index >= 15 is 0 Å². The van der Waals surface area contributed by atoms with Gasteiger partial charge in [0.1, 0.15) is 0 Å². The van der Waals surface area contributed by atoms with Gasteiger partial charge in [-0.1, -0.05) is 12.1 Å². The number of aryl methyl sites for hydroxylation is 2. The fraction of sp³-hybridized carbons (Fsp3) is 0.450. The zero-order valence-electron chi connectivity index (χ0n) is 14.5. The molecule has 1 amide bonds. The van der Waals surface area contributed by atoms with E-state index in [-0.39, 0.29) is 11.8 Å². The molecule has 6 heteroatoms. The SMILES string of the molecule is O=C(c1cc2c(nn1)CCC2)N1CCC(Cc2cccc(F)c2F)CC1. The Kier molecular flexibility index (Phi) is 4.66. The Labute approximate surface area is 151 Å². The summed E-state index contributed by atoms with van der Waals surface area (Å²) < 4.78 is 27.2. The molecule has 2 heterocycles. The zero-order chi connectivity index (χ0) is 18.1. The highest BCUT2D eigenvalue weighted by Crippen LogP contribution is 2.25. The molecule has 0 N–H and O–H groups in total. The first kappa shape index (κ1) is 17.1. The van der Waals surface area contributed by atoms with Crippen molar-refractivity contribution in [3.05, 3.63) is 58.4 Å². The van der Waals surface area contributed by atoms with E-state index in [1.165, 1.54) is 0 Å². The third kappa shape index (κ3) is 3.32. The van der Waals surface area contributed by atoms with Crippen molar-refractivity contribution >= 4 is 5.91 Å². The van der Waals surface area contributed by atoms with Crippen LogP contribution in [0.15, 0.2) is 24.3 Å². The highest BCUT2D eigenvalue weighted by molar-refractivity contribution is 5.92. The quantitative estimate of drug-likeness (QED) is 0.846. The van der Waals surface area contributed by atoms with Crippen LogP contribution in [-0.2, 0) is 19.3 Å². The molecule has 1 fully saturated rings. The number of rotatable bonds is 3. The van der Waals surface area contributed by atoms with Crippen LogP contribution in [0.5, 0.6) is 0 Å². The molecular weight excluding hydrogens is 336 g/mol. The van der Waals surface area contributed by atoms with Crippen molar-refractivity contribution in [1.29, 1.82) is 0 Å². The minimum Gasteiger partial charge on any atom is -0.337 e. The van der Waals surface area contributed by atoms with Gasteiger partial charge in [-0.2, -0.15) is 5.10 Å². The third-order valence-corrected chi connectivity index (χ3v) is 5.48. The topological polar surface area (TPSA) is 46.1 Å². The number of hydrogen-bond acceptors (Lipinski definition) is 3. The van der Waals surface area contributed by atoms with E-state index in [2.05, 4.69) is 10.2 Å². The first-order valence-corrected chi connectivity index (χ1v) is 9.19. The zero-order valence-corrected chi connectivity index (χ0v) is 14.5. The first-order valence-electron chi connectivity index (χ1n) is 9.19. The molecule has 1 aliphatic heterocycles. The summed E-state index contributed by atoms with van der Waals surface area (Å²) in [4.78, 5) is 14.5. The van der Waals surface area contributed by atoms with Gasteiger partial charge in [0.2, 0.25) is 0 Å². The number of hydrogen-bond donors (Lipinski definition) is 0. The molecule has 0 bridgehead atoms. The number of fused-ring (bicyclic) bond motifs is 1. The number of halogens is 2. The van der Waals surface area contributed by atoms with Gasteiger partial charge >= 0.3 is 0 Å². The number of aromatic nitrogens is 2. The van der Waals surface area contributed by atoms with Crippen LogP contribution in [0.4, 0.5) is 8.78 Å². The third-order valence-electron chi connectivity index (χ3n) is 5.48. The highest BCUT2D eigenvalue weighted by Gasteiger charge is 2.26. The van der Waals surface area contributed by atoms with Gasteiger partial charge in [-0.25, -0.2) is 8.78 Å². The second-order valence-electron chi connectivity index (χ2n) is 7.21. The van der Waals surface area contributed by atoms with Gasteiger partial charge in [0.05, 0.1) is 5.69 Å². The summed E-state index contributed by atoms with van der Waals surface area (Å²) in [6, 6.07) is 6.19. The number of piperidine rings is 1. The molecule has 4 rings (SSSR count). The summed E-state index contributed by atoms with van der Waals surface area (Å²) in [5, 5.41) is 8.29. The van der Waals surface area contributed by atoms with Gasteiger partial charge in [0.25, 0.3) is 5.91 Å². The summed E-state index contributed by atoms with van der Waals surface area (Å²) in [5.41, 5.74) is 2.98. The Hall–Kier alpha value is -2.37. The maximum Gasteiger partial charge on any atom is 0.274 e. The molecule has 1 aromatic heterocycles. The average molecular weight is 357 g/mol. The van der Waals surface area contributed by atoms with Crippen LogP contribution in [0.25, 0.3) is 0 Å². The lowest BCUT2D eigenvalue weighted by molar-refractivity contribution is 0.0682. The van der Waals surface area contributed by atoms with Crippen molar-refractivity contribution in [3.63, 3.8) is 0 Å². The van der Waals surface area contributed by atoms with Crippen molar-refractivity contribution in [2.75, 3.05) is 13.1 Å². The number of carbonyl (C=O) groups is 1. The van der Waals surface area contributed by atoms with Gasteiger partial charge in [0, 0.05) is 13.1 Å². The number of nitrogens with zero attached hydrogens (tertiary/aromatic N) is 3. The van der Waals surface area contributed by atoms with Crippen LogP contribution in [0.1, 0.15) is 46.6 Å². The molecular formula is C20H21F2N3O. The molecule has 0 saturated carbocycles. The molecule has 26 heavy (non-hydrogen) atoms. The average Bonchev–Trinajstić information content (AvgIpc) is 3.13. The normalized spacial score (nSPS) is 17.4. The van der Waals surface area contributed by atoms with E-state index in [4.69, 9.17) is 0 Å². The molecule has 0 spiro atoms. The van der Waals surface area contributed by atoms with Gasteiger partial charge < -0.3 is 4.90 Å². The number of carbonyl (C=O) groups excluding carboxylic acids is 1. The number of benzene rings is 1. The lowest BCUT2D eigenvalue weighted by atomic mass is 9.90. The van der Waals surface area contributed by atoms with Crippen molar-refractivity contribution in [1.82, 2.24) is 15.1 Å². The second-order valence-corrected chi connectivity index (χ2v) is 7.21. The van der Waals surface area contributed by atoms with Crippen molar-refractivity contribution in [3.8, 4) is 0 Å². The maximum absolute atomic E-state index is 13.8. The van der Waals surface area contributed by atoms with Crippen LogP contribution in [0.2, 0.25) is 0 Å². The summed E-state index contributed by atoms with van der Waals surface area (Å²) in [5.74, 6) is -1.38. The minimum atomic E-state index is -0.801. The lowest BCUT2D eigenvalue weighted by Gasteiger charge is -2.32. The Morgan fingerprint density at radius 1 is 1.15 bits per heavy atom.